The summed E-state index contributed by atoms with van der Waals surface area (Å²) in [6.07, 6.45) is 2.98. The molecule has 1 fully saturated rings. The Labute approximate surface area is 109 Å². The lowest BCUT2D eigenvalue weighted by Crippen LogP contribution is -2.37. The molecule has 0 saturated carbocycles. The van der Waals surface area contributed by atoms with E-state index in [-0.39, 0.29) is 22.8 Å². The zero-order valence-corrected chi connectivity index (χ0v) is 10.7. The standard InChI is InChI=1S/C10H14ClN5O2/c1-15-4-2-7(3-5-15)13-9-8(16(17)18)6-12-10(11)14-9/h6-7H,2-5H2,1H3,(H,12,13,14). The normalized spacial score (nSPS) is 17.7. The van der Waals surface area contributed by atoms with Gasteiger partial charge >= 0.3 is 5.69 Å². The third kappa shape index (κ3) is 3.05. The molecule has 1 aromatic heterocycles. The first-order chi connectivity index (χ1) is 8.56. The van der Waals surface area contributed by atoms with Crippen molar-refractivity contribution >= 4 is 23.1 Å². The number of aromatic nitrogens is 2. The van der Waals surface area contributed by atoms with Crippen LogP contribution in [0.25, 0.3) is 0 Å². The monoisotopic (exact) mass is 271 g/mol. The summed E-state index contributed by atoms with van der Waals surface area (Å²) in [5.74, 6) is 0.203. The molecule has 0 aromatic carbocycles. The highest BCUT2D eigenvalue weighted by atomic mass is 35.5. The number of anilines is 1. The van der Waals surface area contributed by atoms with Crippen molar-refractivity contribution in [3.8, 4) is 0 Å². The van der Waals surface area contributed by atoms with Gasteiger partial charge in [-0.15, -0.1) is 0 Å². The van der Waals surface area contributed by atoms with Crippen molar-refractivity contribution < 1.29 is 4.92 Å². The van der Waals surface area contributed by atoms with Gasteiger partial charge in [0.15, 0.2) is 0 Å². The van der Waals surface area contributed by atoms with Crippen LogP contribution in [0.4, 0.5) is 11.5 Å². The molecule has 2 rings (SSSR count). The van der Waals surface area contributed by atoms with E-state index >= 15 is 0 Å². The lowest BCUT2D eigenvalue weighted by atomic mass is 10.1. The van der Waals surface area contributed by atoms with E-state index in [1.807, 2.05) is 0 Å². The summed E-state index contributed by atoms with van der Waals surface area (Å²) in [6.45, 7) is 1.93. The average Bonchev–Trinajstić information content (AvgIpc) is 2.32. The van der Waals surface area contributed by atoms with Gasteiger partial charge in [0.1, 0.15) is 6.20 Å². The van der Waals surface area contributed by atoms with E-state index in [1.165, 1.54) is 0 Å². The molecule has 1 N–H and O–H groups in total. The van der Waals surface area contributed by atoms with Crippen molar-refractivity contribution in [1.29, 1.82) is 0 Å². The predicted molar refractivity (Wildman–Crippen MR) is 67.8 cm³/mol. The largest absolute Gasteiger partial charge is 0.361 e. The van der Waals surface area contributed by atoms with Crippen LogP contribution in [0.2, 0.25) is 5.28 Å². The Morgan fingerprint density at radius 2 is 2.22 bits per heavy atom. The van der Waals surface area contributed by atoms with Crippen molar-refractivity contribution in [2.75, 3.05) is 25.5 Å². The van der Waals surface area contributed by atoms with E-state index < -0.39 is 4.92 Å². The van der Waals surface area contributed by atoms with Crippen LogP contribution in [0.15, 0.2) is 6.20 Å². The van der Waals surface area contributed by atoms with Crippen molar-refractivity contribution in [3.05, 3.63) is 21.6 Å². The minimum atomic E-state index is -0.506. The number of likely N-dealkylation sites (tertiary alicyclic amines) is 1. The van der Waals surface area contributed by atoms with Crippen LogP contribution in [0.1, 0.15) is 12.8 Å². The number of nitrogens with zero attached hydrogens (tertiary/aromatic N) is 4. The second kappa shape index (κ2) is 5.45. The van der Waals surface area contributed by atoms with Gasteiger partial charge in [-0.2, -0.15) is 4.98 Å². The zero-order valence-electron chi connectivity index (χ0n) is 9.97. The van der Waals surface area contributed by atoms with Gasteiger partial charge in [-0.25, -0.2) is 4.98 Å². The summed E-state index contributed by atoms with van der Waals surface area (Å²) in [4.78, 5) is 20.1. The Morgan fingerprint density at radius 3 is 2.83 bits per heavy atom. The average molecular weight is 272 g/mol. The summed E-state index contributed by atoms with van der Waals surface area (Å²) in [7, 11) is 2.06. The van der Waals surface area contributed by atoms with E-state index in [4.69, 9.17) is 11.6 Å². The van der Waals surface area contributed by atoms with Gasteiger partial charge in [0.25, 0.3) is 0 Å². The molecule has 8 heteroatoms. The Bertz CT molecular complexity index is 448. The lowest BCUT2D eigenvalue weighted by molar-refractivity contribution is -0.384. The van der Waals surface area contributed by atoms with Crippen LogP contribution in [0.5, 0.6) is 0 Å². The molecule has 1 saturated heterocycles. The molecular formula is C10H14ClN5O2. The first kappa shape index (κ1) is 13.0. The zero-order chi connectivity index (χ0) is 13.1. The molecular weight excluding hydrogens is 258 g/mol. The fourth-order valence-electron chi connectivity index (χ4n) is 1.94. The Kier molecular flexibility index (Phi) is 3.93. The van der Waals surface area contributed by atoms with Gasteiger partial charge in [0.05, 0.1) is 4.92 Å². The van der Waals surface area contributed by atoms with Gasteiger partial charge in [0.2, 0.25) is 11.1 Å². The molecule has 7 nitrogen and oxygen atoms in total. The van der Waals surface area contributed by atoms with Crippen molar-refractivity contribution in [3.63, 3.8) is 0 Å². The molecule has 18 heavy (non-hydrogen) atoms. The first-order valence-electron chi connectivity index (χ1n) is 5.68. The number of nitro groups is 1. The highest BCUT2D eigenvalue weighted by molar-refractivity contribution is 6.28. The second-order valence-electron chi connectivity index (χ2n) is 4.35. The number of hydrogen-bond acceptors (Lipinski definition) is 6. The van der Waals surface area contributed by atoms with E-state index in [0.29, 0.717) is 0 Å². The molecule has 0 amide bonds. The third-order valence-corrected chi connectivity index (χ3v) is 3.18. The van der Waals surface area contributed by atoms with E-state index in [1.54, 1.807) is 0 Å². The molecule has 98 valence electrons. The minimum Gasteiger partial charge on any atom is -0.361 e. The molecule has 1 aromatic rings. The molecule has 0 aliphatic carbocycles. The summed E-state index contributed by atoms with van der Waals surface area (Å²) in [5, 5.41) is 14.0. The Balaban J connectivity index is 2.12. The van der Waals surface area contributed by atoms with E-state index in [0.717, 1.165) is 32.1 Å². The highest BCUT2D eigenvalue weighted by Crippen LogP contribution is 2.24. The number of hydrogen-bond donors (Lipinski definition) is 1. The second-order valence-corrected chi connectivity index (χ2v) is 4.69. The molecule has 2 heterocycles. The quantitative estimate of drug-likeness (QED) is 0.510. The van der Waals surface area contributed by atoms with Gasteiger partial charge in [-0.3, -0.25) is 10.1 Å². The van der Waals surface area contributed by atoms with Gasteiger partial charge in [-0.05, 0) is 44.6 Å². The number of rotatable bonds is 3. The van der Waals surface area contributed by atoms with Gasteiger partial charge < -0.3 is 10.2 Å². The number of piperidine rings is 1. The molecule has 0 radical (unpaired) electrons. The van der Waals surface area contributed by atoms with Crippen LogP contribution in [0.3, 0.4) is 0 Å². The molecule has 1 aliphatic rings. The summed E-state index contributed by atoms with van der Waals surface area (Å²) in [6, 6.07) is 0.186. The fourth-order valence-corrected chi connectivity index (χ4v) is 2.07. The van der Waals surface area contributed by atoms with Gasteiger partial charge in [0, 0.05) is 6.04 Å². The SMILES string of the molecule is CN1CCC(Nc2nc(Cl)ncc2[N+](=O)[O-])CC1. The maximum atomic E-state index is 10.9. The topological polar surface area (TPSA) is 84.2 Å². The first-order valence-corrected chi connectivity index (χ1v) is 6.06. The Hall–Kier alpha value is -1.47. The molecule has 0 spiro atoms. The Morgan fingerprint density at radius 1 is 1.56 bits per heavy atom. The number of halogens is 1. The lowest BCUT2D eigenvalue weighted by Gasteiger charge is -2.29. The molecule has 0 unspecified atom stereocenters. The summed E-state index contributed by atoms with van der Waals surface area (Å²) < 4.78 is 0. The van der Waals surface area contributed by atoms with Gasteiger partial charge in [-0.1, -0.05) is 0 Å². The minimum absolute atomic E-state index is 0.0102. The van der Waals surface area contributed by atoms with Crippen LogP contribution >= 0.6 is 11.6 Å². The smallest absolute Gasteiger partial charge is 0.329 e. The molecule has 1 aliphatic heterocycles. The fraction of sp³-hybridized carbons (Fsp3) is 0.600. The van der Waals surface area contributed by atoms with Crippen molar-refractivity contribution in [1.82, 2.24) is 14.9 Å². The third-order valence-electron chi connectivity index (χ3n) is 3.00. The van der Waals surface area contributed by atoms with Crippen LogP contribution < -0.4 is 5.32 Å². The van der Waals surface area contributed by atoms with Crippen LogP contribution in [-0.2, 0) is 0 Å². The summed E-state index contributed by atoms with van der Waals surface area (Å²) >= 11 is 5.67. The van der Waals surface area contributed by atoms with Crippen molar-refractivity contribution in [2.24, 2.45) is 0 Å². The van der Waals surface area contributed by atoms with Crippen LogP contribution in [-0.4, -0.2) is 46.0 Å². The van der Waals surface area contributed by atoms with Crippen molar-refractivity contribution in [2.45, 2.75) is 18.9 Å². The highest BCUT2D eigenvalue weighted by Gasteiger charge is 2.22. The molecule has 0 bridgehead atoms. The van der Waals surface area contributed by atoms with Crippen LogP contribution in [0, 0.1) is 10.1 Å². The van der Waals surface area contributed by atoms with E-state index in [9.17, 15) is 10.1 Å². The molecule has 0 atom stereocenters. The maximum Gasteiger partial charge on any atom is 0.329 e. The maximum absolute atomic E-state index is 10.9. The van der Waals surface area contributed by atoms with E-state index in [2.05, 4.69) is 27.2 Å². The summed E-state index contributed by atoms with van der Waals surface area (Å²) in [5.41, 5.74) is -0.140. The number of nitrogens with one attached hydrogen (secondary N) is 1. The predicted octanol–water partition coefficient (Wildman–Crippen LogP) is 1.54.